The maximum absolute atomic E-state index is 14.9. The number of benzene rings is 5. The number of fused-ring (bicyclic) bond motifs is 3. The quantitative estimate of drug-likeness (QED) is 0.216. The molecule has 2 nitrogen and oxygen atoms in total. The molecule has 2 unspecified atom stereocenters. The minimum absolute atomic E-state index is 0.140. The van der Waals surface area contributed by atoms with Crippen molar-refractivity contribution in [3.8, 4) is 0 Å². The highest BCUT2D eigenvalue weighted by Crippen LogP contribution is 2.61. The number of allylic oxidation sites excluding steroid dienone is 2. The molecule has 0 bridgehead atoms. The monoisotopic (exact) mass is 531 g/mol. The summed E-state index contributed by atoms with van der Waals surface area (Å²) in [5.74, 6) is -0.299. The molecular formula is C39H33NO. The first-order chi connectivity index (χ1) is 19.9. The number of hydrogen-bond acceptors (Lipinski definition) is 2. The Kier molecular flexibility index (Phi) is 5.83. The van der Waals surface area contributed by atoms with Crippen molar-refractivity contribution < 1.29 is 4.79 Å². The van der Waals surface area contributed by atoms with Crippen LogP contribution in [0, 0.1) is 5.92 Å². The van der Waals surface area contributed by atoms with Gasteiger partial charge in [-0.3, -0.25) is 4.79 Å². The summed E-state index contributed by atoms with van der Waals surface area (Å²) >= 11 is 0. The van der Waals surface area contributed by atoms with Crippen molar-refractivity contribution in [2.24, 2.45) is 5.92 Å². The van der Waals surface area contributed by atoms with Crippen LogP contribution >= 0.6 is 0 Å². The van der Waals surface area contributed by atoms with Gasteiger partial charge in [-0.2, -0.15) is 0 Å². The molecule has 0 N–H and O–H groups in total. The molecule has 1 aliphatic carbocycles. The number of rotatable bonds is 4. The molecule has 7 rings (SSSR count). The van der Waals surface area contributed by atoms with Crippen molar-refractivity contribution in [3.63, 3.8) is 0 Å². The molecule has 0 amide bonds. The van der Waals surface area contributed by atoms with Gasteiger partial charge in [-0.05, 0) is 56.8 Å². The highest BCUT2D eigenvalue weighted by Gasteiger charge is 2.62. The number of carbonyl (C=O) groups is 1. The minimum Gasteiger partial charge on any atom is -0.363 e. The van der Waals surface area contributed by atoms with E-state index in [9.17, 15) is 4.79 Å². The Bertz CT molecular complexity index is 1830. The summed E-state index contributed by atoms with van der Waals surface area (Å²) < 4.78 is 0. The summed E-state index contributed by atoms with van der Waals surface area (Å²) in [5, 5.41) is 2.47. The second-order valence-electron chi connectivity index (χ2n) is 11.8. The number of ketones is 1. The van der Waals surface area contributed by atoms with Gasteiger partial charge >= 0.3 is 0 Å². The van der Waals surface area contributed by atoms with E-state index in [1.54, 1.807) is 0 Å². The maximum Gasteiger partial charge on any atom is 0.173 e. The lowest BCUT2D eigenvalue weighted by Gasteiger charge is -2.52. The lowest BCUT2D eigenvalue weighted by atomic mass is 9.57. The van der Waals surface area contributed by atoms with Crippen molar-refractivity contribution in [2.75, 3.05) is 11.9 Å². The molecule has 2 heteroatoms. The molecule has 2 atom stereocenters. The van der Waals surface area contributed by atoms with E-state index < -0.39 is 16.9 Å². The van der Waals surface area contributed by atoms with E-state index in [1.807, 2.05) is 36.4 Å². The van der Waals surface area contributed by atoms with Crippen LogP contribution in [0.25, 0.3) is 21.9 Å². The van der Waals surface area contributed by atoms with Crippen LogP contribution in [0.4, 0.5) is 5.69 Å². The van der Waals surface area contributed by atoms with Crippen LogP contribution in [0.15, 0.2) is 140 Å². The van der Waals surface area contributed by atoms with Gasteiger partial charge < -0.3 is 4.90 Å². The van der Waals surface area contributed by atoms with Crippen LogP contribution in [0.5, 0.6) is 0 Å². The van der Waals surface area contributed by atoms with Crippen LogP contribution in [0.2, 0.25) is 0 Å². The molecule has 0 saturated heterocycles. The average molecular weight is 532 g/mol. The normalized spacial score (nSPS) is 21.0. The molecule has 0 fully saturated rings. The fourth-order valence-electron chi connectivity index (χ4n) is 7.49. The van der Waals surface area contributed by atoms with E-state index in [2.05, 4.69) is 129 Å². The second-order valence-corrected chi connectivity index (χ2v) is 11.8. The van der Waals surface area contributed by atoms with E-state index in [4.69, 9.17) is 0 Å². The van der Waals surface area contributed by atoms with Gasteiger partial charge in [0.15, 0.2) is 5.78 Å². The topological polar surface area (TPSA) is 20.3 Å². The van der Waals surface area contributed by atoms with E-state index in [-0.39, 0.29) is 5.78 Å². The van der Waals surface area contributed by atoms with Crippen LogP contribution in [0.1, 0.15) is 40.9 Å². The van der Waals surface area contributed by atoms with Crippen molar-refractivity contribution >= 4 is 33.4 Å². The summed E-state index contributed by atoms with van der Waals surface area (Å²) in [4.78, 5) is 17.3. The van der Waals surface area contributed by atoms with Gasteiger partial charge in [0, 0.05) is 23.7 Å². The number of likely N-dealkylation sites (N-methyl/N-ethyl adjacent to an activating group) is 1. The lowest BCUT2D eigenvalue weighted by molar-refractivity contribution is 0.0886. The summed E-state index contributed by atoms with van der Waals surface area (Å²) in [7, 11) is 2.18. The zero-order valence-corrected chi connectivity index (χ0v) is 23.7. The first-order valence-electron chi connectivity index (χ1n) is 14.3. The number of hydrogen-bond donors (Lipinski definition) is 0. The molecular weight excluding hydrogens is 498 g/mol. The molecule has 1 heterocycles. The molecule has 5 aromatic rings. The van der Waals surface area contributed by atoms with Crippen LogP contribution in [-0.2, 0) is 5.41 Å². The van der Waals surface area contributed by atoms with Crippen molar-refractivity contribution in [3.05, 3.63) is 162 Å². The highest BCUT2D eigenvalue weighted by molar-refractivity contribution is 6.11. The van der Waals surface area contributed by atoms with Gasteiger partial charge in [-0.15, -0.1) is 0 Å². The molecule has 41 heavy (non-hydrogen) atoms. The summed E-state index contributed by atoms with van der Waals surface area (Å²) in [6.45, 7) is 4.67. The van der Waals surface area contributed by atoms with Crippen molar-refractivity contribution in [1.82, 2.24) is 0 Å². The van der Waals surface area contributed by atoms with Gasteiger partial charge in [-0.25, -0.2) is 0 Å². The van der Waals surface area contributed by atoms with Gasteiger partial charge in [0.2, 0.25) is 0 Å². The fourth-order valence-corrected chi connectivity index (χ4v) is 7.49. The van der Waals surface area contributed by atoms with Gasteiger partial charge in [0.1, 0.15) is 0 Å². The molecule has 200 valence electrons. The summed E-state index contributed by atoms with van der Waals surface area (Å²) in [6.07, 6.45) is 4.65. The maximum atomic E-state index is 14.9. The Morgan fingerprint density at radius 3 is 1.95 bits per heavy atom. The highest BCUT2D eigenvalue weighted by atomic mass is 16.1. The van der Waals surface area contributed by atoms with E-state index in [0.717, 1.165) is 27.8 Å². The van der Waals surface area contributed by atoms with Crippen LogP contribution in [0.3, 0.4) is 0 Å². The van der Waals surface area contributed by atoms with Crippen molar-refractivity contribution in [1.29, 1.82) is 0 Å². The smallest absolute Gasteiger partial charge is 0.173 e. The molecule has 2 aliphatic rings. The Balaban J connectivity index is 1.58. The predicted molar refractivity (Wildman–Crippen MR) is 171 cm³/mol. The zero-order chi connectivity index (χ0) is 28.2. The SMILES string of the molecule is CN1c2ccc3ccccc3c2C(C)(C)C12C=C(c1ccccc1)C=C(c1ccccc1)C2C(=O)c1ccccc1. The minimum atomic E-state index is -0.669. The number of nitrogens with zero attached hydrogens (tertiary/aromatic N) is 1. The summed E-state index contributed by atoms with van der Waals surface area (Å²) in [5.41, 5.74) is 6.54. The van der Waals surface area contributed by atoms with E-state index in [1.165, 1.54) is 22.0 Å². The van der Waals surface area contributed by atoms with Crippen LogP contribution in [-0.4, -0.2) is 18.4 Å². The fraction of sp³-hybridized carbons (Fsp3) is 0.154. The lowest BCUT2D eigenvalue weighted by Crippen LogP contribution is -2.61. The molecule has 1 aliphatic heterocycles. The molecule has 5 aromatic carbocycles. The standard InChI is InChI=1S/C39H33NO/c1-38(2)35-32-22-14-13-19-29(32)23-24-34(35)40(3)39(38)26-31(27-15-7-4-8-16-27)25-33(28-17-9-5-10-18-28)36(39)37(41)30-20-11-6-12-21-30/h4-26,36H,1-3H3. The molecule has 0 saturated carbocycles. The molecule has 1 spiro atoms. The first kappa shape index (κ1) is 25.3. The van der Waals surface area contributed by atoms with Gasteiger partial charge in [0.05, 0.1) is 11.5 Å². The Morgan fingerprint density at radius 2 is 1.27 bits per heavy atom. The first-order valence-corrected chi connectivity index (χ1v) is 14.3. The molecule has 0 radical (unpaired) electrons. The number of carbonyl (C=O) groups excluding carboxylic acids is 1. The number of Topliss-reactive ketones (excluding diaryl/α,β-unsaturated/α-hetero) is 1. The molecule has 0 aromatic heterocycles. The average Bonchev–Trinajstić information content (AvgIpc) is 3.19. The van der Waals surface area contributed by atoms with E-state index >= 15 is 0 Å². The third-order valence-corrected chi connectivity index (χ3v) is 9.42. The van der Waals surface area contributed by atoms with Crippen molar-refractivity contribution in [2.45, 2.75) is 24.8 Å². The Morgan fingerprint density at radius 1 is 0.683 bits per heavy atom. The van der Waals surface area contributed by atoms with Gasteiger partial charge in [-0.1, -0.05) is 135 Å². The number of anilines is 1. The Labute approximate surface area is 242 Å². The van der Waals surface area contributed by atoms with E-state index in [0.29, 0.717) is 0 Å². The zero-order valence-electron chi connectivity index (χ0n) is 23.7. The second kappa shape index (κ2) is 9.45. The Hall–Kier alpha value is -4.69. The third-order valence-electron chi connectivity index (χ3n) is 9.42. The predicted octanol–water partition coefficient (Wildman–Crippen LogP) is 8.99. The summed E-state index contributed by atoms with van der Waals surface area (Å²) in [6, 6.07) is 43.9. The van der Waals surface area contributed by atoms with Gasteiger partial charge in [0.25, 0.3) is 0 Å². The van der Waals surface area contributed by atoms with Crippen LogP contribution < -0.4 is 4.90 Å². The largest absolute Gasteiger partial charge is 0.363 e. The third kappa shape index (κ3) is 3.67.